The second-order valence-corrected chi connectivity index (χ2v) is 5.57. The molecule has 21 heavy (non-hydrogen) atoms. The summed E-state index contributed by atoms with van der Waals surface area (Å²) in [5.41, 5.74) is -1.40. The minimum atomic E-state index is -4.78. The molecular formula is C14H14F4N2O. The third-order valence-corrected chi connectivity index (χ3v) is 4.18. The summed E-state index contributed by atoms with van der Waals surface area (Å²) in [5.74, 6) is -1.89. The molecule has 3 atom stereocenters. The Bertz CT molecular complexity index is 573. The standard InChI is InChI=1S/C14H14F4N2O/c15-11-3-1-8(6-10(11)14(16,17)18)20-13(21)9-5-7-2-4-12(9)19-7/h1,3,6-7,9,12,19H,2,4-5H2,(H,20,21). The number of halogens is 4. The van der Waals surface area contributed by atoms with Gasteiger partial charge in [0.2, 0.25) is 5.91 Å². The molecule has 1 aromatic carbocycles. The lowest BCUT2D eigenvalue weighted by Crippen LogP contribution is -2.32. The molecule has 114 valence electrons. The van der Waals surface area contributed by atoms with Crippen LogP contribution in [0.3, 0.4) is 0 Å². The van der Waals surface area contributed by atoms with Gasteiger partial charge in [0.25, 0.3) is 0 Å². The zero-order valence-electron chi connectivity index (χ0n) is 11.0. The number of amides is 1. The van der Waals surface area contributed by atoms with Gasteiger partial charge in [-0.2, -0.15) is 13.2 Å². The van der Waals surface area contributed by atoms with Gasteiger partial charge in [0.1, 0.15) is 5.82 Å². The summed E-state index contributed by atoms with van der Waals surface area (Å²) in [6, 6.07) is 2.91. The number of alkyl halides is 3. The van der Waals surface area contributed by atoms with Crippen LogP contribution in [0.25, 0.3) is 0 Å². The fraction of sp³-hybridized carbons (Fsp3) is 0.500. The topological polar surface area (TPSA) is 41.1 Å². The first-order chi connectivity index (χ1) is 9.84. The van der Waals surface area contributed by atoms with Crippen molar-refractivity contribution in [3.05, 3.63) is 29.6 Å². The molecular weight excluding hydrogens is 288 g/mol. The average molecular weight is 302 g/mol. The molecule has 3 nitrogen and oxygen atoms in total. The van der Waals surface area contributed by atoms with Crippen molar-refractivity contribution >= 4 is 11.6 Å². The number of hydrogen-bond acceptors (Lipinski definition) is 2. The Labute approximate surface area is 118 Å². The van der Waals surface area contributed by atoms with Crippen molar-refractivity contribution in [2.24, 2.45) is 5.92 Å². The monoisotopic (exact) mass is 302 g/mol. The predicted octanol–water partition coefficient (Wildman–Crippen LogP) is 2.92. The maximum Gasteiger partial charge on any atom is 0.419 e. The average Bonchev–Trinajstić information content (AvgIpc) is 3.02. The Morgan fingerprint density at radius 2 is 2.05 bits per heavy atom. The van der Waals surface area contributed by atoms with Crippen LogP contribution < -0.4 is 10.6 Å². The minimum Gasteiger partial charge on any atom is -0.326 e. The molecule has 3 rings (SSSR count). The van der Waals surface area contributed by atoms with Crippen molar-refractivity contribution < 1.29 is 22.4 Å². The van der Waals surface area contributed by atoms with Crippen LogP contribution in [0, 0.1) is 11.7 Å². The highest BCUT2D eigenvalue weighted by Crippen LogP contribution is 2.35. The summed E-state index contributed by atoms with van der Waals surface area (Å²) in [5, 5.41) is 5.75. The second kappa shape index (κ2) is 4.98. The van der Waals surface area contributed by atoms with E-state index < -0.39 is 17.6 Å². The highest BCUT2D eigenvalue weighted by atomic mass is 19.4. The number of benzene rings is 1. The quantitative estimate of drug-likeness (QED) is 0.825. The van der Waals surface area contributed by atoms with E-state index in [1.165, 1.54) is 0 Å². The second-order valence-electron chi connectivity index (χ2n) is 5.57. The Morgan fingerprint density at radius 1 is 1.29 bits per heavy atom. The predicted molar refractivity (Wildman–Crippen MR) is 68.1 cm³/mol. The van der Waals surface area contributed by atoms with Gasteiger partial charge >= 0.3 is 6.18 Å². The summed E-state index contributed by atoms with van der Waals surface area (Å²) in [4.78, 5) is 12.1. The molecule has 0 saturated carbocycles. The smallest absolute Gasteiger partial charge is 0.326 e. The first-order valence-electron chi connectivity index (χ1n) is 6.78. The maximum absolute atomic E-state index is 13.2. The minimum absolute atomic E-state index is 0.0310. The van der Waals surface area contributed by atoms with Crippen LogP contribution in [0.2, 0.25) is 0 Å². The maximum atomic E-state index is 13.2. The van der Waals surface area contributed by atoms with Crippen molar-refractivity contribution in [3.63, 3.8) is 0 Å². The number of hydrogen-bond donors (Lipinski definition) is 2. The van der Waals surface area contributed by atoms with E-state index in [9.17, 15) is 22.4 Å². The zero-order valence-corrected chi connectivity index (χ0v) is 11.0. The first kappa shape index (κ1) is 14.3. The SMILES string of the molecule is O=C(Nc1ccc(F)c(C(F)(F)F)c1)C1CC2CCC1N2. The molecule has 2 bridgehead atoms. The molecule has 7 heteroatoms. The largest absolute Gasteiger partial charge is 0.419 e. The number of nitrogens with one attached hydrogen (secondary N) is 2. The molecule has 0 aliphatic carbocycles. The molecule has 2 saturated heterocycles. The highest BCUT2D eigenvalue weighted by molar-refractivity contribution is 5.93. The van der Waals surface area contributed by atoms with E-state index in [-0.39, 0.29) is 23.6 Å². The lowest BCUT2D eigenvalue weighted by molar-refractivity contribution is -0.140. The van der Waals surface area contributed by atoms with Crippen LogP contribution in [0.1, 0.15) is 24.8 Å². The van der Waals surface area contributed by atoms with E-state index in [0.717, 1.165) is 25.0 Å². The van der Waals surface area contributed by atoms with E-state index in [0.29, 0.717) is 18.5 Å². The number of anilines is 1. The van der Waals surface area contributed by atoms with Gasteiger partial charge in [0.15, 0.2) is 0 Å². The van der Waals surface area contributed by atoms with Crippen LogP contribution in [0.4, 0.5) is 23.2 Å². The number of fused-ring (bicyclic) bond motifs is 2. The van der Waals surface area contributed by atoms with Crippen LogP contribution in [0.15, 0.2) is 18.2 Å². The van der Waals surface area contributed by atoms with Gasteiger partial charge in [0, 0.05) is 17.8 Å². The van der Waals surface area contributed by atoms with Gasteiger partial charge in [-0.05, 0) is 37.5 Å². The Kier molecular flexibility index (Phi) is 3.39. The summed E-state index contributed by atoms with van der Waals surface area (Å²) >= 11 is 0. The molecule has 1 aromatic rings. The number of rotatable bonds is 2. The first-order valence-corrected chi connectivity index (χ1v) is 6.78. The summed E-state index contributed by atoms with van der Waals surface area (Å²) in [6.07, 6.45) is -2.15. The van der Waals surface area contributed by atoms with Crippen molar-refractivity contribution in [3.8, 4) is 0 Å². The zero-order chi connectivity index (χ0) is 15.2. The lowest BCUT2D eigenvalue weighted by atomic mass is 9.88. The lowest BCUT2D eigenvalue weighted by Gasteiger charge is -2.19. The molecule has 0 radical (unpaired) electrons. The molecule has 2 N–H and O–H groups in total. The third kappa shape index (κ3) is 2.74. The van der Waals surface area contributed by atoms with E-state index in [1.54, 1.807) is 0 Å². The Morgan fingerprint density at radius 3 is 2.62 bits per heavy atom. The van der Waals surface area contributed by atoms with Gasteiger partial charge in [-0.25, -0.2) is 4.39 Å². The van der Waals surface area contributed by atoms with E-state index in [2.05, 4.69) is 10.6 Å². The summed E-state index contributed by atoms with van der Waals surface area (Å²) < 4.78 is 51.1. The Balaban J connectivity index is 1.75. The van der Waals surface area contributed by atoms with Crippen molar-refractivity contribution in [2.45, 2.75) is 37.5 Å². The van der Waals surface area contributed by atoms with Gasteiger partial charge in [0.05, 0.1) is 11.5 Å². The van der Waals surface area contributed by atoms with Crippen LogP contribution in [-0.4, -0.2) is 18.0 Å². The molecule has 2 aliphatic rings. The highest BCUT2D eigenvalue weighted by Gasteiger charge is 2.43. The summed E-state index contributed by atoms with van der Waals surface area (Å²) in [6.45, 7) is 0. The van der Waals surface area contributed by atoms with Gasteiger partial charge in [-0.15, -0.1) is 0 Å². The van der Waals surface area contributed by atoms with Gasteiger partial charge < -0.3 is 10.6 Å². The van der Waals surface area contributed by atoms with Crippen LogP contribution in [0.5, 0.6) is 0 Å². The molecule has 2 heterocycles. The van der Waals surface area contributed by atoms with E-state index in [4.69, 9.17) is 0 Å². The van der Waals surface area contributed by atoms with Crippen molar-refractivity contribution in [1.29, 1.82) is 0 Å². The fourth-order valence-corrected chi connectivity index (χ4v) is 3.17. The van der Waals surface area contributed by atoms with E-state index in [1.807, 2.05) is 0 Å². The van der Waals surface area contributed by atoms with E-state index >= 15 is 0 Å². The third-order valence-electron chi connectivity index (χ3n) is 4.18. The number of carbonyl (C=O) groups excluding carboxylic acids is 1. The van der Waals surface area contributed by atoms with Gasteiger partial charge in [-0.3, -0.25) is 4.79 Å². The molecule has 0 spiro atoms. The fourth-order valence-electron chi connectivity index (χ4n) is 3.17. The number of carbonyl (C=O) groups is 1. The van der Waals surface area contributed by atoms with Crippen LogP contribution in [-0.2, 0) is 11.0 Å². The molecule has 2 aliphatic heterocycles. The van der Waals surface area contributed by atoms with Crippen LogP contribution >= 0.6 is 0 Å². The Hall–Kier alpha value is -1.63. The normalized spacial score (nSPS) is 27.9. The molecule has 3 unspecified atom stereocenters. The van der Waals surface area contributed by atoms with Gasteiger partial charge in [-0.1, -0.05) is 0 Å². The summed E-state index contributed by atoms with van der Waals surface area (Å²) in [7, 11) is 0. The molecule has 2 fully saturated rings. The molecule has 1 amide bonds. The van der Waals surface area contributed by atoms with Crippen molar-refractivity contribution in [2.75, 3.05) is 5.32 Å². The molecule has 0 aromatic heterocycles. The van der Waals surface area contributed by atoms with Crippen molar-refractivity contribution in [1.82, 2.24) is 5.32 Å².